The van der Waals surface area contributed by atoms with Gasteiger partial charge in [0.15, 0.2) is 0 Å². The van der Waals surface area contributed by atoms with Gasteiger partial charge in [-0.2, -0.15) is 5.10 Å². The normalized spacial score (nSPS) is 14.5. The standard InChI is InChI=1S/C23H26FN5O3S/c1-2-9-25-22(32)17-13-33-23(26-17)19-20(14-3-5-16(24)6-4-14)27-28-21(19)15-7-10-29(11-8-15)18(31)12-30/h3-6,13,15,30H,2,7-12H2,1H3,(H,25,32)(H,27,28). The third kappa shape index (κ3) is 4.96. The molecule has 0 saturated carbocycles. The second-order valence-corrected chi connectivity index (χ2v) is 8.83. The number of aromatic nitrogens is 3. The summed E-state index contributed by atoms with van der Waals surface area (Å²) in [5.74, 6) is -0.719. The fourth-order valence-corrected chi connectivity index (χ4v) is 4.88. The molecule has 0 bridgehead atoms. The Morgan fingerprint density at radius 2 is 2.00 bits per heavy atom. The van der Waals surface area contributed by atoms with E-state index in [1.54, 1.807) is 22.4 Å². The lowest BCUT2D eigenvalue weighted by Gasteiger charge is -2.31. The van der Waals surface area contributed by atoms with Gasteiger partial charge in [-0.3, -0.25) is 14.7 Å². The van der Waals surface area contributed by atoms with Gasteiger partial charge in [-0.25, -0.2) is 9.37 Å². The third-order valence-electron chi connectivity index (χ3n) is 5.79. The van der Waals surface area contributed by atoms with Crippen LogP contribution in [-0.4, -0.2) is 63.2 Å². The van der Waals surface area contributed by atoms with Gasteiger partial charge in [-0.15, -0.1) is 11.3 Å². The van der Waals surface area contributed by atoms with Gasteiger partial charge in [0.25, 0.3) is 5.91 Å². The number of carbonyl (C=O) groups excluding carboxylic acids is 2. The van der Waals surface area contributed by atoms with Crippen molar-refractivity contribution in [2.45, 2.75) is 32.1 Å². The first kappa shape index (κ1) is 23.1. The number of H-pyrrole nitrogens is 1. The molecule has 0 atom stereocenters. The van der Waals surface area contributed by atoms with Gasteiger partial charge in [0.1, 0.15) is 28.8 Å². The number of aromatic amines is 1. The Bertz CT molecular complexity index is 1120. The third-order valence-corrected chi connectivity index (χ3v) is 6.65. The van der Waals surface area contributed by atoms with Crippen molar-refractivity contribution in [3.63, 3.8) is 0 Å². The van der Waals surface area contributed by atoms with Gasteiger partial charge in [-0.05, 0) is 43.5 Å². The summed E-state index contributed by atoms with van der Waals surface area (Å²) < 4.78 is 13.5. The van der Waals surface area contributed by atoms with Crippen molar-refractivity contribution in [1.29, 1.82) is 0 Å². The van der Waals surface area contributed by atoms with E-state index < -0.39 is 6.61 Å². The molecule has 8 nitrogen and oxygen atoms in total. The zero-order chi connectivity index (χ0) is 23.4. The summed E-state index contributed by atoms with van der Waals surface area (Å²) in [7, 11) is 0. The molecule has 1 aliphatic heterocycles. The van der Waals surface area contributed by atoms with E-state index in [0.717, 1.165) is 23.2 Å². The highest BCUT2D eigenvalue weighted by Crippen LogP contribution is 2.41. The predicted molar refractivity (Wildman–Crippen MR) is 123 cm³/mol. The van der Waals surface area contributed by atoms with Gasteiger partial charge in [0.05, 0.1) is 5.56 Å². The van der Waals surface area contributed by atoms with E-state index in [1.807, 2.05) is 6.92 Å². The molecule has 1 saturated heterocycles. The van der Waals surface area contributed by atoms with Gasteiger partial charge in [0.2, 0.25) is 5.91 Å². The monoisotopic (exact) mass is 471 g/mol. The van der Waals surface area contributed by atoms with Gasteiger partial charge < -0.3 is 15.3 Å². The lowest BCUT2D eigenvalue weighted by molar-refractivity contribution is -0.135. The predicted octanol–water partition coefficient (Wildman–Crippen LogP) is 3.18. The summed E-state index contributed by atoms with van der Waals surface area (Å²) in [4.78, 5) is 30.5. The molecule has 0 spiro atoms. The quantitative estimate of drug-likeness (QED) is 0.490. The number of halogens is 1. The smallest absolute Gasteiger partial charge is 0.270 e. The maximum absolute atomic E-state index is 13.5. The molecule has 2 aromatic heterocycles. The summed E-state index contributed by atoms with van der Waals surface area (Å²) in [5.41, 5.74) is 3.43. The summed E-state index contributed by atoms with van der Waals surface area (Å²) in [6, 6.07) is 6.11. The van der Waals surface area contributed by atoms with Crippen LogP contribution in [0.3, 0.4) is 0 Å². The number of hydrogen-bond acceptors (Lipinski definition) is 6. The molecule has 3 N–H and O–H groups in total. The Morgan fingerprint density at radius 1 is 1.27 bits per heavy atom. The van der Waals surface area contributed by atoms with E-state index in [0.29, 0.717) is 48.9 Å². The molecular weight excluding hydrogens is 445 g/mol. The van der Waals surface area contributed by atoms with Crippen LogP contribution in [-0.2, 0) is 4.79 Å². The van der Waals surface area contributed by atoms with E-state index in [4.69, 9.17) is 5.11 Å². The van der Waals surface area contributed by atoms with Gasteiger partial charge in [-0.1, -0.05) is 6.92 Å². The van der Waals surface area contributed by atoms with Crippen molar-refractivity contribution < 1.29 is 19.1 Å². The van der Waals surface area contributed by atoms with Crippen LogP contribution in [0, 0.1) is 5.82 Å². The summed E-state index contributed by atoms with van der Waals surface area (Å²) in [5, 5.41) is 22.1. The zero-order valence-electron chi connectivity index (χ0n) is 18.3. The topological polar surface area (TPSA) is 111 Å². The first-order valence-electron chi connectivity index (χ1n) is 11.0. The lowest BCUT2D eigenvalue weighted by atomic mass is 9.90. The minimum Gasteiger partial charge on any atom is -0.387 e. The summed E-state index contributed by atoms with van der Waals surface area (Å²) in [6.45, 7) is 3.15. The van der Waals surface area contributed by atoms with E-state index in [1.165, 1.54) is 23.5 Å². The Hall–Kier alpha value is -3.11. The minimum atomic E-state index is -0.489. The molecule has 1 fully saturated rings. The Balaban J connectivity index is 1.69. The van der Waals surface area contributed by atoms with Crippen LogP contribution in [0.1, 0.15) is 48.3 Å². The van der Waals surface area contributed by atoms with Crippen LogP contribution >= 0.6 is 11.3 Å². The van der Waals surface area contributed by atoms with Gasteiger partial charge in [0, 0.05) is 42.2 Å². The number of benzene rings is 1. The zero-order valence-corrected chi connectivity index (χ0v) is 19.1. The number of piperidine rings is 1. The largest absolute Gasteiger partial charge is 0.387 e. The second-order valence-electron chi connectivity index (χ2n) is 7.97. The number of likely N-dealkylation sites (tertiary alicyclic amines) is 1. The number of aliphatic hydroxyl groups is 1. The fraction of sp³-hybridized carbons (Fsp3) is 0.391. The Morgan fingerprint density at radius 3 is 2.67 bits per heavy atom. The molecule has 4 rings (SSSR count). The molecule has 1 aliphatic rings. The number of hydrogen-bond donors (Lipinski definition) is 3. The molecule has 0 unspecified atom stereocenters. The van der Waals surface area contributed by atoms with Crippen LogP contribution in [0.15, 0.2) is 29.6 Å². The first-order valence-corrected chi connectivity index (χ1v) is 11.9. The first-order chi connectivity index (χ1) is 16.0. The van der Waals surface area contributed by atoms with Crippen molar-refractivity contribution in [3.8, 4) is 21.8 Å². The van der Waals surface area contributed by atoms with Gasteiger partial charge >= 0.3 is 0 Å². The minimum absolute atomic E-state index is 0.103. The number of amides is 2. The average Bonchev–Trinajstić information content (AvgIpc) is 3.50. The van der Waals surface area contributed by atoms with E-state index >= 15 is 0 Å². The number of rotatable bonds is 7. The molecule has 0 aliphatic carbocycles. The van der Waals surface area contributed by atoms with Crippen molar-refractivity contribution in [2.75, 3.05) is 26.2 Å². The molecule has 3 aromatic rings. The SMILES string of the molecule is CCCNC(=O)c1csc(-c2c(-c3ccc(F)cc3)n[nH]c2C2CCN(C(=O)CO)CC2)n1. The maximum atomic E-state index is 13.5. The fourth-order valence-electron chi connectivity index (χ4n) is 4.02. The maximum Gasteiger partial charge on any atom is 0.270 e. The molecule has 2 amide bonds. The second kappa shape index (κ2) is 10.2. The molecule has 0 radical (unpaired) electrons. The van der Waals surface area contributed by atoms with Crippen LogP contribution in [0.5, 0.6) is 0 Å². The van der Waals surface area contributed by atoms with Crippen molar-refractivity contribution in [3.05, 3.63) is 46.9 Å². The molecule has 1 aromatic carbocycles. The molecule has 174 valence electrons. The van der Waals surface area contributed by atoms with Crippen molar-refractivity contribution in [2.24, 2.45) is 0 Å². The number of nitrogens with one attached hydrogen (secondary N) is 2. The van der Waals surface area contributed by atoms with Crippen LogP contribution < -0.4 is 5.32 Å². The number of aliphatic hydroxyl groups excluding tert-OH is 1. The average molecular weight is 472 g/mol. The van der Waals surface area contributed by atoms with Crippen LogP contribution in [0.4, 0.5) is 4.39 Å². The summed E-state index contributed by atoms with van der Waals surface area (Å²) in [6.07, 6.45) is 2.25. The summed E-state index contributed by atoms with van der Waals surface area (Å²) >= 11 is 1.36. The van der Waals surface area contributed by atoms with E-state index in [9.17, 15) is 14.0 Å². The van der Waals surface area contributed by atoms with E-state index in [-0.39, 0.29) is 23.5 Å². The van der Waals surface area contributed by atoms with Crippen LogP contribution in [0.25, 0.3) is 21.8 Å². The molecule has 3 heterocycles. The highest BCUT2D eigenvalue weighted by molar-refractivity contribution is 7.13. The Kier molecular flexibility index (Phi) is 7.14. The van der Waals surface area contributed by atoms with Crippen molar-refractivity contribution in [1.82, 2.24) is 25.4 Å². The highest BCUT2D eigenvalue weighted by Gasteiger charge is 2.30. The lowest BCUT2D eigenvalue weighted by Crippen LogP contribution is -2.39. The molecular formula is C23H26FN5O3S. The molecule has 10 heteroatoms. The Labute approximate surface area is 194 Å². The highest BCUT2D eigenvalue weighted by atomic mass is 32.1. The van der Waals surface area contributed by atoms with Crippen LogP contribution in [0.2, 0.25) is 0 Å². The number of thiazole rings is 1. The molecule has 33 heavy (non-hydrogen) atoms. The number of carbonyl (C=O) groups is 2. The van der Waals surface area contributed by atoms with E-state index in [2.05, 4.69) is 20.5 Å². The van der Waals surface area contributed by atoms with Crippen molar-refractivity contribution >= 4 is 23.2 Å². The number of nitrogens with zero attached hydrogens (tertiary/aromatic N) is 3.